The van der Waals surface area contributed by atoms with Crippen LogP contribution < -0.4 is 0 Å². The van der Waals surface area contributed by atoms with Crippen molar-refractivity contribution in [2.24, 2.45) is 17.8 Å². The Kier molecular flexibility index (Phi) is 9.34. The molecule has 0 aromatic heterocycles. The van der Waals surface area contributed by atoms with Crippen LogP contribution in [0.3, 0.4) is 0 Å². The number of carboxylic acids is 1. The Morgan fingerprint density at radius 1 is 1.00 bits per heavy atom. The van der Waals surface area contributed by atoms with Crippen LogP contribution >= 0.6 is 0 Å². The third kappa shape index (κ3) is 7.46. The number of likely N-dealkylation sites (tertiary alicyclic amines) is 2. The molecular weight excluding hydrogens is 494 g/mol. The van der Waals surface area contributed by atoms with Gasteiger partial charge in [0.25, 0.3) is 0 Å². The van der Waals surface area contributed by atoms with Crippen molar-refractivity contribution in [3.63, 3.8) is 0 Å². The molecule has 3 unspecified atom stereocenters. The maximum absolute atomic E-state index is 13.5. The molecule has 2 aliphatic heterocycles. The molecule has 3 aliphatic rings. The molecule has 2 aromatic carbocycles. The third-order valence-electron chi connectivity index (χ3n) is 9.65. The summed E-state index contributed by atoms with van der Waals surface area (Å²) in [6.07, 6.45) is 9.46. The van der Waals surface area contributed by atoms with Gasteiger partial charge < -0.3 is 10.0 Å². The van der Waals surface area contributed by atoms with E-state index in [2.05, 4.69) is 41.0 Å². The van der Waals surface area contributed by atoms with Crippen molar-refractivity contribution in [3.8, 4) is 0 Å². The van der Waals surface area contributed by atoms with E-state index < -0.39 is 17.6 Å². The molecule has 0 radical (unpaired) electrons. The summed E-state index contributed by atoms with van der Waals surface area (Å²) in [6.45, 7) is 6.97. The summed E-state index contributed by atoms with van der Waals surface area (Å²) in [6, 6.07) is 12.2. The molecule has 6 heteroatoms. The lowest BCUT2D eigenvalue weighted by molar-refractivity contribution is -0.144. The minimum atomic E-state index is -0.660. The zero-order valence-electron chi connectivity index (χ0n) is 23.3. The van der Waals surface area contributed by atoms with E-state index in [1.807, 2.05) is 0 Å². The lowest BCUT2D eigenvalue weighted by Gasteiger charge is -2.35. The van der Waals surface area contributed by atoms with Crippen molar-refractivity contribution in [1.29, 1.82) is 0 Å². The van der Waals surface area contributed by atoms with Crippen LogP contribution in [0.5, 0.6) is 0 Å². The van der Waals surface area contributed by atoms with Crippen molar-refractivity contribution in [2.75, 3.05) is 32.7 Å². The van der Waals surface area contributed by atoms with E-state index in [4.69, 9.17) is 0 Å². The minimum absolute atomic E-state index is 0.359. The average Bonchev–Trinajstić information content (AvgIpc) is 3.27. The first-order valence-corrected chi connectivity index (χ1v) is 15.0. The van der Waals surface area contributed by atoms with Gasteiger partial charge in [0, 0.05) is 31.6 Å². The van der Waals surface area contributed by atoms with Gasteiger partial charge in [0.15, 0.2) is 0 Å². The maximum atomic E-state index is 13.5. The Morgan fingerprint density at radius 3 is 2.38 bits per heavy atom. The predicted octanol–water partition coefficient (Wildman–Crippen LogP) is 6.67. The van der Waals surface area contributed by atoms with Crippen LogP contribution in [0.4, 0.5) is 8.78 Å². The van der Waals surface area contributed by atoms with Gasteiger partial charge in [-0.25, -0.2) is 8.78 Å². The van der Waals surface area contributed by atoms with Gasteiger partial charge in [0.2, 0.25) is 0 Å². The SMILES string of the molecule is Cc1cccc(C2CN(C(CC3CCC3)C(=O)O)CC2CN2CCC(CCCc3cc(F)cc(F)c3)CC2)c1. The molecule has 212 valence electrons. The lowest BCUT2D eigenvalue weighted by Crippen LogP contribution is -2.43. The molecule has 1 N–H and O–H groups in total. The molecule has 0 bridgehead atoms. The summed E-state index contributed by atoms with van der Waals surface area (Å²) in [5, 5.41) is 10.1. The monoisotopic (exact) mass is 538 g/mol. The molecule has 3 atom stereocenters. The standard InChI is InChI=1S/C33H44F2N2O2/c1-23-5-2-10-27(15-23)31-22-37(32(33(38)39)18-25-7-4-8-25)21-28(31)20-36-13-11-24(12-14-36)6-3-9-26-16-29(34)19-30(35)17-26/h2,5,10,15-17,19,24-25,28,31-32H,3-4,6-9,11-14,18,20-22H2,1H3,(H,38,39). The van der Waals surface area contributed by atoms with Gasteiger partial charge in [0.05, 0.1) is 0 Å². The van der Waals surface area contributed by atoms with Gasteiger partial charge in [-0.05, 0) is 93.1 Å². The van der Waals surface area contributed by atoms with Crippen LogP contribution in [-0.4, -0.2) is 59.6 Å². The van der Waals surface area contributed by atoms with Crippen LogP contribution in [0.15, 0.2) is 42.5 Å². The number of aliphatic carboxylic acids is 1. The first kappa shape index (κ1) is 28.2. The van der Waals surface area contributed by atoms with E-state index in [0.717, 1.165) is 82.9 Å². The highest BCUT2D eigenvalue weighted by atomic mass is 19.1. The molecule has 0 spiro atoms. The first-order valence-electron chi connectivity index (χ1n) is 15.0. The number of rotatable bonds is 11. The fourth-order valence-electron chi connectivity index (χ4n) is 7.21. The van der Waals surface area contributed by atoms with Crippen molar-refractivity contribution >= 4 is 5.97 Å². The molecule has 2 aromatic rings. The van der Waals surface area contributed by atoms with E-state index in [9.17, 15) is 18.7 Å². The Bertz CT molecular complexity index is 1090. The highest BCUT2D eigenvalue weighted by molar-refractivity contribution is 5.73. The number of benzene rings is 2. The molecule has 3 fully saturated rings. The van der Waals surface area contributed by atoms with Crippen molar-refractivity contribution in [3.05, 3.63) is 70.8 Å². The fraction of sp³-hybridized carbons (Fsp3) is 0.606. The van der Waals surface area contributed by atoms with Crippen LogP contribution in [-0.2, 0) is 11.2 Å². The number of piperidine rings is 1. The highest BCUT2D eigenvalue weighted by Crippen LogP contribution is 2.38. The lowest BCUT2D eigenvalue weighted by atomic mass is 9.80. The highest BCUT2D eigenvalue weighted by Gasteiger charge is 2.41. The fourth-order valence-corrected chi connectivity index (χ4v) is 7.21. The van der Waals surface area contributed by atoms with E-state index in [0.29, 0.717) is 23.7 Å². The predicted molar refractivity (Wildman–Crippen MR) is 151 cm³/mol. The maximum Gasteiger partial charge on any atom is 0.320 e. The number of aryl methyl sites for hydroxylation is 2. The molecule has 1 aliphatic carbocycles. The van der Waals surface area contributed by atoms with Gasteiger partial charge in [-0.15, -0.1) is 0 Å². The summed E-state index contributed by atoms with van der Waals surface area (Å²) in [5.74, 6) is 0.364. The second-order valence-electron chi connectivity index (χ2n) is 12.5. The summed E-state index contributed by atoms with van der Waals surface area (Å²) < 4.78 is 27.0. The van der Waals surface area contributed by atoms with Crippen molar-refractivity contribution in [1.82, 2.24) is 9.80 Å². The van der Waals surface area contributed by atoms with E-state index in [1.165, 1.54) is 42.5 Å². The Morgan fingerprint density at radius 2 is 1.74 bits per heavy atom. The molecule has 0 amide bonds. The van der Waals surface area contributed by atoms with Crippen LogP contribution in [0.2, 0.25) is 0 Å². The van der Waals surface area contributed by atoms with Crippen molar-refractivity contribution < 1.29 is 18.7 Å². The smallest absolute Gasteiger partial charge is 0.320 e. The summed E-state index contributed by atoms with van der Waals surface area (Å²) in [7, 11) is 0. The van der Waals surface area contributed by atoms with Crippen LogP contribution in [0.25, 0.3) is 0 Å². The summed E-state index contributed by atoms with van der Waals surface area (Å²) in [4.78, 5) is 17.2. The minimum Gasteiger partial charge on any atom is -0.480 e. The Hall–Kier alpha value is -2.31. The second kappa shape index (κ2) is 12.9. The third-order valence-corrected chi connectivity index (χ3v) is 9.65. The first-order chi connectivity index (χ1) is 18.8. The Balaban J connectivity index is 1.16. The van der Waals surface area contributed by atoms with Gasteiger partial charge >= 0.3 is 5.97 Å². The number of halogens is 2. The number of carboxylic acid groups (broad SMARTS) is 1. The largest absolute Gasteiger partial charge is 0.480 e. The number of hydrogen-bond donors (Lipinski definition) is 1. The van der Waals surface area contributed by atoms with E-state index >= 15 is 0 Å². The number of nitrogens with zero attached hydrogens (tertiary/aromatic N) is 2. The molecule has 4 nitrogen and oxygen atoms in total. The second-order valence-corrected chi connectivity index (χ2v) is 12.5. The molecule has 2 heterocycles. The van der Waals surface area contributed by atoms with Crippen molar-refractivity contribution in [2.45, 2.75) is 76.7 Å². The average molecular weight is 539 g/mol. The quantitative estimate of drug-likeness (QED) is 0.347. The summed E-state index contributed by atoms with van der Waals surface area (Å²) in [5.41, 5.74) is 3.35. The molecule has 1 saturated carbocycles. The zero-order valence-corrected chi connectivity index (χ0v) is 23.3. The Labute approximate surface area is 232 Å². The molecular formula is C33H44F2N2O2. The van der Waals surface area contributed by atoms with Gasteiger partial charge in [-0.1, -0.05) is 55.5 Å². The molecule has 2 saturated heterocycles. The van der Waals surface area contributed by atoms with Crippen LogP contribution in [0, 0.1) is 36.3 Å². The number of carbonyl (C=O) groups is 1. The van der Waals surface area contributed by atoms with Crippen LogP contribution in [0.1, 0.15) is 74.0 Å². The number of hydrogen-bond acceptors (Lipinski definition) is 3. The van der Waals surface area contributed by atoms with E-state index in [-0.39, 0.29) is 6.04 Å². The van der Waals surface area contributed by atoms with Gasteiger partial charge in [-0.3, -0.25) is 9.69 Å². The topological polar surface area (TPSA) is 43.8 Å². The molecule has 5 rings (SSSR count). The molecule has 39 heavy (non-hydrogen) atoms. The van der Waals surface area contributed by atoms with E-state index in [1.54, 1.807) is 0 Å². The van der Waals surface area contributed by atoms with Gasteiger partial charge in [0.1, 0.15) is 17.7 Å². The zero-order chi connectivity index (χ0) is 27.4. The van der Waals surface area contributed by atoms with Gasteiger partial charge in [-0.2, -0.15) is 0 Å². The normalized spacial score (nSPS) is 24.1. The summed E-state index contributed by atoms with van der Waals surface area (Å²) >= 11 is 0.